The third kappa shape index (κ3) is 16.6. The van der Waals surface area contributed by atoms with Gasteiger partial charge in [0, 0.05) is 18.9 Å². The van der Waals surface area contributed by atoms with Crippen LogP contribution in [0, 0.1) is 5.92 Å². The molecule has 578 valence electrons. The first-order chi connectivity index (χ1) is 46.7. The molecule has 99 heavy (non-hydrogen) atoms. The summed E-state index contributed by atoms with van der Waals surface area (Å²) in [6.07, 6.45) is -86.2. The van der Waals surface area contributed by atoms with Gasteiger partial charge in [0.25, 0.3) is 0 Å². The topological polar surface area (TPSA) is 714 Å². The van der Waals surface area contributed by atoms with E-state index < -0.39 is 342 Å². The molecule has 0 radical (unpaired) electrons. The maximum absolute atomic E-state index is 12.0. The Labute approximate surface area is 559 Å². The van der Waals surface area contributed by atoms with Crippen LogP contribution in [0.1, 0.15) is 12.8 Å². The van der Waals surface area contributed by atoms with Crippen molar-refractivity contribution < 1.29 is 219 Å². The highest BCUT2D eigenvalue weighted by atomic mass is 16.8. The molecule has 0 aromatic heterocycles. The van der Waals surface area contributed by atoms with Gasteiger partial charge in [0.1, 0.15) is 195 Å². The van der Waals surface area contributed by atoms with E-state index in [2.05, 4.69) is 0 Å². The van der Waals surface area contributed by atoms with Gasteiger partial charge in [-0.2, -0.15) is 0 Å². The lowest BCUT2D eigenvalue weighted by Crippen LogP contribution is -2.67. The van der Waals surface area contributed by atoms with Gasteiger partial charge in [-0.05, 0) is 6.42 Å². The summed E-state index contributed by atoms with van der Waals surface area (Å²) < 4.78 is 99.0. The Morgan fingerprint density at radius 1 is 0.253 bits per heavy atom. The normalized spacial score (nSPS) is 54.2. The summed E-state index contributed by atoms with van der Waals surface area (Å²) in [7, 11) is 0. The van der Waals surface area contributed by atoms with Crippen molar-refractivity contribution in [2.75, 3.05) is 59.5 Å². The summed E-state index contributed by atoms with van der Waals surface area (Å²) in [6.45, 7) is -9.12. The van der Waals surface area contributed by atoms with E-state index >= 15 is 0 Å². The number of aliphatic hydroxyl groups is 26. The zero-order valence-corrected chi connectivity index (χ0v) is 52.2. The van der Waals surface area contributed by atoms with Crippen molar-refractivity contribution in [3.05, 3.63) is 0 Å². The molecule has 14 bridgehead atoms. The molecular formula is C55H94O44. The van der Waals surface area contributed by atoms with Crippen LogP contribution in [0.4, 0.5) is 0 Å². The lowest BCUT2D eigenvalue weighted by Gasteiger charge is -2.50. The zero-order chi connectivity index (χ0) is 71.2. The molecule has 23 fully saturated rings. The van der Waals surface area contributed by atoms with Gasteiger partial charge < -0.3 is 219 Å². The summed E-state index contributed by atoms with van der Waals surface area (Å²) in [4.78, 5) is 0. The molecule has 44 heteroatoms. The van der Waals surface area contributed by atoms with Gasteiger partial charge in [0.2, 0.25) is 0 Å². The van der Waals surface area contributed by atoms with E-state index in [-0.39, 0.29) is 5.48 Å². The maximum atomic E-state index is 12.0. The van der Waals surface area contributed by atoms with Crippen LogP contribution in [0.15, 0.2) is 0 Å². The highest BCUT2D eigenvalue weighted by Crippen LogP contribution is 2.41. The SMILES string of the molecule is O.OC[C@H]1C[C@@H]2O[C@H]3[C@H](O)[C@@H](O)[C@@H](O[C@H]4[C@H](O)[C@@H](O)[C@@H](O[C@H]5[C@H](O)C[C@@H](O[C@H]6[C@H](O)[C@@H](O)[C@@H](O[C@H]7[C@H](O)[C@@H](O)[C@@H](O[C@H]8[C@H](O)[C@@H](O)[C@@H](O[C@H]1[C@H](O)C2O)O[C@@H]8CO)O[C@@H]7CO)O[C@@H]6CO[C@H]1O[C@H](CO)[C@@H](O[C@H]2O[C@H](CO)[C@@H](O)[C@H](O)[C@H]2O)[C@H](O)[C@H]1O)O[C@@H]5CO)O[C@@H]4CO)O[C@@H]3CO. The van der Waals surface area contributed by atoms with Crippen molar-refractivity contribution in [1.82, 2.24) is 0 Å². The molecule has 22 heterocycles. The van der Waals surface area contributed by atoms with E-state index in [1.54, 1.807) is 0 Å². The van der Waals surface area contributed by atoms with E-state index in [0.29, 0.717) is 0 Å². The lowest BCUT2D eigenvalue weighted by atomic mass is 9.80. The van der Waals surface area contributed by atoms with Gasteiger partial charge >= 0.3 is 0 Å². The fourth-order valence-corrected chi connectivity index (χ4v) is 13.8. The molecule has 1 saturated carbocycles. The molecule has 28 N–H and O–H groups in total. The predicted molar refractivity (Wildman–Crippen MR) is 299 cm³/mol. The summed E-state index contributed by atoms with van der Waals surface area (Å²) in [6, 6.07) is 0. The van der Waals surface area contributed by atoms with Crippen molar-refractivity contribution in [2.24, 2.45) is 5.92 Å². The Morgan fingerprint density at radius 2 is 0.606 bits per heavy atom. The molecular weight excluding hydrogens is 1360 g/mol. The second-order valence-electron chi connectivity index (χ2n) is 25.7. The number of aliphatic hydroxyl groups excluding tert-OH is 26. The van der Waals surface area contributed by atoms with Crippen LogP contribution in [0.25, 0.3) is 0 Å². The van der Waals surface area contributed by atoms with E-state index in [4.69, 9.17) is 80.5 Å². The first kappa shape index (κ1) is 81.3. The summed E-state index contributed by atoms with van der Waals surface area (Å²) in [5.74, 6) is -1.27. The fraction of sp³-hybridized carbons (Fsp3) is 1.00. The largest absolute Gasteiger partial charge is 0.412 e. The van der Waals surface area contributed by atoms with Crippen LogP contribution < -0.4 is 0 Å². The number of ether oxygens (including phenoxy) is 17. The second-order valence-corrected chi connectivity index (χ2v) is 25.7. The number of rotatable bonds is 13. The lowest BCUT2D eigenvalue weighted by molar-refractivity contribution is -0.393. The molecule has 44 atom stereocenters. The van der Waals surface area contributed by atoms with E-state index in [1.807, 2.05) is 0 Å². The van der Waals surface area contributed by atoms with Crippen LogP contribution in [0.5, 0.6) is 0 Å². The minimum atomic E-state index is -2.33. The van der Waals surface area contributed by atoms with Crippen molar-refractivity contribution in [3.63, 3.8) is 0 Å². The van der Waals surface area contributed by atoms with Crippen molar-refractivity contribution in [1.29, 1.82) is 0 Å². The molecule has 0 amide bonds. The third-order valence-corrected chi connectivity index (χ3v) is 19.4. The molecule has 1 unspecified atom stereocenters. The Bertz CT molecular complexity index is 2430. The maximum Gasteiger partial charge on any atom is 0.187 e. The van der Waals surface area contributed by atoms with Gasteiger partial charge in [0.15, 0.2) is 50.3 Å². The standard InChI is InChI=1S/C55H92O43.H2O/c56-3-12-1-14-24(65)27(68)41(12)93-51-37(78)30(71)45(19(8-61)88-51)97-54-39(80)32(73)47(21(10-63)90-54)98-55-40(81)33(74)48(22(91-55)11-82-49-35(76)28(69)44(18(7-60)86-49)95-50-34(75)26(67)25(66)15(4-57)85-50)92-23-2-13(64)42(16(5-58)83-23)94-52-38(79)31(72)46(20(9-62)89-52)96-53-36(77)29(70)43(84-14)17(6-59)87-53;/h12-81H,1-11H2;1H2/t12-,13-,14+,15-,16-,17-,18-,19-,20-,21-,22-,23-,24?,25-,26+,27-,28-,29-,30-,31-,32-,33-,34-,35-,36-,37-,38-,39-,40-,41-,42+,43-,44-,45-,46-,47-,48-,49+,50-,51-,52-,53-,54-,55-;/m1./s1. The Morgan fingerprint density at radius 3 is 1.03 bits per heavy atom. The predicted octanol–water partition coefficient (Wildman–Crippen LogP) is -18.7. The third-order valence-electron chi connectivity index (χ3n) is 19.4. The molecule has 0 spiro atoms. The molecule has 44 nitrogen and oxygen atoms in total. The van der Waals surface area contributed by atoms with Crippen LogP contribution in [0.2, 0.25) is 0 Å². The second kappa shape index (κ2) is 34.9. The van der Waals surface area contributed by atoms with Gasteiger partial charge in [0.05, 0.1) is 71.2 Å². The molecule has 23 aliphatic rings. The van der Waals surface area contributed by atoms with Crippen molar-refractivity contribution in [2.45, 2.75) is 277 Å². The fourth-order valence-electron chi connectivity index (χ4n) is 13.8. The van der Waals surface area contributed by atoms with Crippen LogP contribution in [-0.2, 0) is 80.5 Å². The van der Waals surface area contributed by atoms with Gasteiger partial charge in [-0.1, -0.05) is 0 Å². The minimum Gasteiger partial charge on any atom is -0.412 e. The first-order valence-electron chi connectivity index (χ1n) is 31.9. The Hall–Kier alpha value is -1.76. The number of hydrogen-bond donors (Lipinski definition) is 26. The summed E-state index contributed by atoms with van der Waals surface area (Å²) in [5.41, 5.74) is 0. The Balaban J connectivity index is 0.0000114. The highest BCUT2D eigenvalue weighted by Gasteiger charge is 2.60. The molecule has 22 aliphatic heterocycles. The number of hydrogen-bond acceptors (Lipinski definition) is 43. The quantitative estimate of drug-likeness (QED) is 0.0814. The first-order valence-corrected chi connectivity index (χ1v) is 31.9. The van der Waals surface area contributed by atoms with Gasteiger partial charge in [-0.3, -0.25) is 0 Å². The molecule has 0 aromatic carbocycles. The monoisotopic (exact) mass is 1460 g/mol. The molecule has 0 aromatic rings. The van der Waals surface area contributed by atoms with Crippen molar-refractivity contribution >= 4 is 0 Å². The van der Waals surface area contributed by atoms with E-state index in [0.717, 1.165) is 0 Å². The van der Waals surface area contributed by atoms with Crippen molar-refractivity contribution in [3.8, 4) is 0 Å². The van der Waals surface area contributed by atoms with Crippen LogP contribution >= 0.6 is 0 Å². The van der Waals surface area contributed by atoms with Crippen LogP contribution in [-0.4, -0.2) is 462 Å². The van der Waals surface area contributed by atoms with Gasteiger partial charge in [-0.15, -0.1) is 0 Å². The average Bonchev–Trinajstić information content (AvgIpc) is 0.788. The zero-order valence-electron chi connectivity index (χ0n) is 52.2. The molecule has 23 rings (SSSR count). The average molecular weight is 1460 g/mol. The van der Waals surface area contributed by atoms with E-state index in [1.165, 1.54) is 0 Å². The smallest absolute Gasteiger partial charge is 0.187 e. The summed E-state index contributed by atoms with van der Waals surface area (Å²) >= 11 is 0. The highest BCUT2D eigenvalue weighted by molar-refractivity contribution is 5.03. The Kier molecular flexibility index (Phi) is 28.6. The van der Waals surface area contributed by atoms with Crippen LogP contribution in [0.3, 0.4) is 0 Å². The van der Waals surface area contributed by atoms with Gasteiger partial charge in [-0.25, -0.2) is 0 Å². The summed E-state index contributed by atoms with van der Waals surface area (Å²) in [5, 5.41) is 288. The molecule has 22 saturated heterocycles. The van der Waals surface area contributed by atoms with E-state index in [9.17, 15) is 133 Å². The minimum absolute atomic E-state index is 0. The molecule has 1 aliphatic carbocycles.